The minimum absolute atomic E-state index is 0.0485. The lowest BCUT2D eigenvalue weighted by Crippen LogP contribution is -2.36. The fourth-order valence-electron chi connectivity index (χ4n) is 2.95. The number of amides is 1. The number of hydrogen-bond donors (Lipinski definition) is 2. The number of morpholine rings is 1. The summed E-state index contributed by atoms with van der Waals surface area (Å²) in [6.07, 6.45) is 1.36. The normalized spacial score (nSPS) is 13.7. The third kappa shape index (κ3) is 5.96. The van der Waals surface area contributed by atoms with Crippen molar-refractivity contribution < 1.29 is 19.4 Å². The largest absolute Gasteiger partial charge is 0.378 e. The predicted octanol–water partition coefficient (Wildman–Crippen LogP) is 1.90. The number of anilines is 2. The monoisotopic (exact) mass is 428 g/mol. The number of hydrazone groups is 1. The van der Waals surface area contributed by atoms with Gasteiger partial charge in [-0.15, -0.1) is 0 Å². The van der Waals surface area contributed by atoms with Crippen LogP contribution in [-0.2, 0) is 9.53 Å². The van der Waals surface area contributed by atoms with Crippen LogP contribution in [0.2, 0.25) is 0 Å². The lowest BCUT2D eigenvalue weighted by Gasteiger charge is -2.29. The van der Waals surface area contributed by atoms with Gasteiger partial charge in [0.25, 0.3) is 17.3 Å². The van der Waals surface area contributed by atoms with Gasteiger partial charge in [0.1, 0.15) is 0 Å². The van der Waals surface area contributed by atoms with Gasteiger partial charge in [-0.1, -0.05) is 0 Å². The summed E-state index contributed by atoms with van der Waals surface area (Å²) >= 11 is 0. The Morgan fingerprint density at radius 2 is 1.71 bits per heavy atom. The van der Waals surface area contributed by atoms with Gasteiger partial charge in [0, 0.05) is 54.3 Å². The van der Waals surface area contributed by atoms with Crippen molar-refractivity contribution in [2.45, 2.75) is 0 Å². The minimum atomic E-state index is -0.510. The van der Waals surface area contributed by atoms with Crippen LogP contribution in [0.15, 0.2) is 47.6 Å². The van der Waals surface area contributed by atoms with Crippen molar-refractivity contribution in [3.05, 3.63) is 68.3 Å². The Hall–Kier alpha value is -4.06. The molecule has 2 N–H and O–H groups in total. The number of non-ortho nitro benzene ring substituents is 2. The molecule has 1 aliphatic rings. The molecule has 12 heteroatoms. The Morgan fingerprint density at radius 1 is 1.06 bits per heavy atom. The molecule has 1 amide bonds. The molecule has 2 aromatic rings. The molecule has 31 heavy (non-hydrogen) atoms. The van der Waals surface area contributed by atoms with Crippen molar-refractivity contribution in [3.63, 3.8) is 0 Å². The second-order valence-corrected chi connectivity index (χ2v) is 6.55. The van der Waals surface area contributed by atoms with Crippen molar-refractivity contribution in [3.8, 4) is 0 Å². The zero-order chi connectivity index (χ0) is 22.2. The van der Waals surface area contributed by atoms with E-state index in [9.17, 15) is 25.0 Å². The van der Waals surface area contributed by atoms with E-state index in [0.29, 0.717) is 37.6 Å². The molecule has 1 aliphatic heterocycles. The van der Waals surface area contributed by atoms with Crippen LogP contribution in [0.3, 0.4) is 0 Å². The molecular formula is C19H20N6O6. The highest BCUT2D eigenvalue weighted by molar-refractivity contribution is 5.90. The Bertz CT molecular complexity index is 988. The Kier molecular flexibility index (Phi) is 7.06. The number of nitrogens with one attached hydrogen (secondary N) is 2. The van der Waals surface area contributed by atoms with Crippen molar-refractivity contribution in [1.82, 2.24) is 5.43 Å². The van der Waals surface area contributed by atoms with E-state index in [2.05, 4.69) is 15.8 Å². The number of rotatable bonds is 8. The molecular weight excluding hydrogens is 408 g/mol. The van der Waals surface area contributed by atoms with Gasteiger partial charge in [-0.3, -0.25) is 25.0 Å². The summed E-state index contributed by atoms with van der Waals surface area (Å²) in [7, 11) is 0. The highest BCUT2D eigenvalue weighted by atomic mass is 16.6. The summed E-state index contributed by atoms with van der Waals surface area (Å²) < 4.78 is 5.34. The van der Waals surface area contributed by atoms with Gasteiger partial charge >= 0.3 is 0 Å². The number of carbonyl (C=O) groups excluding carboxylic acids is 1. The van der Waals surface area contributed by atoms with Crippen molar-refractivity contribution in [2.24, 2.45) is 5.10 Å². The molecule has 0 atom stereocenters. The van der Waals surface area contributed by atoms with Crippen LogP contribution in [0.25, 0.3) is 0 Å². The molecule has 0 unspecified atom stereocenters. The molecule has 0 bridgehead atoms. The first-order valence-corrected chi connectivity index (χ1v) is 9.35. The maximum Gasteiger partial charge on any atom is 0.270 e. The highest BCUT2D eigenvalue weighted by Crippen LogP contribution is 2.25. The fraction of sp³-hybridized carbons (Fsp3) is 0.263. The smallest absolute Gasteiger partial charge is 0.270 e. The van der Waals surface area contributed by atoms with E-state index in [1.165, 1.54) is 42.6 Å². The average molecular weight is 428 g/mol. The first-order chi connectivity index (χ1) is 14.9. The molecule has 1 heterocycles. The Labute approximate surface area is 176 Å². The SMILES string of the molecule is O=C(CNc1ccc([N+](=O)[O-])cc1)N/N=C/c1cc([N+](=O)[O-])ccc1N1CCOCC1. The number of hydrogen-bond acceptors (Lipinski definition) is 9. The minimum Gasteiger partial charge on any atom is -0.378 e. The quantitative estimate of drug-likeness (QED) is 0.367. The first kappa shape index (κ1) is 21.6. The average Bonchev–Trinajstić information content (AvgIpc) is 2.78. The van der Waals surface area contributed by atoms with Crippen LogP contribution in [0.4, 0.5) is 22.7 Å². The van der Waals surface area contributed by atoms with Crippen LogP contribution in [0, 0.1) is 20.2 Å². The molecule has 0 radical (unpaired) electrons. The van der Waals surface area contributed by atoms with Crippen LogP contribution in [-0.4, -0.2) is 54.8 Å². The van der Waals surface area contributed by atoms with E-state index in [1.54, 1.807) is 6.07 Å². The molecule has 3 rings (SSSR count). The molecule has 1 saturated heterocycles. The van der Waals surface area contributed by atoms with Gasteiger partial charge in [0.05, 0.1) is 35.8 Å². The molecule has 2 aromatic carbocycles. The van der Waals surface area contributed by atoms with Gasteiger partial charge in [0.2, 0.25) is 0 Å². The van der Waals surface area contributed by atoms with E-state index >= 15 is 0 Å². The fourth-order valence-corrected chi connectivity index (χ4v) is 2.95. The molecule has 1 fully saturated rings. The van der Waals surface area contributed by atoms with E-state index in [4.69, 9.17) is 4.74 Å². The molecule has 0 saturated carbocycles. The standard InChI is InChI=1S/C19H20N6O6/c26-19(13-20-15-1-3-16(4-2-15)24(27)28)22-21-12-14-11-17(25(29)30)5-6-18(14)23-7-9-31-10-8-23/h1-6,11-12,20H,7-10,13H2,(H,22,26)/b21-12+. The van der Waals surface area contributed by atoms with Gasteiger partial charge in [-0.2, -0.15) is 5.10 Å². The van der Waals surface area contributed by atoms with Crippen LogP contribution < -0.4 is 15.6 Å². The molecule has 162 valence electrons. The second kappa shape index (κ2) is 10.1. The molecule has 0 spiro atoms. The van der Waals surface area contributed by atoms with Crippen molar-refractivity contribution >= 4 is 34.9 Å². The lowest BCUT2D eigenvalue weighted by atomic mass is 10.1. The number of benzene rings is 2. The summed E-state index contributed by atoms with van der Waals surface area (Å²) in [5, 5.41) is 28.5. The lowest BCUT2D eigenvalue weighted by molar-refractivity contribution is -0.385. The number of nitro groups is 2. The topological polar surface area (TPSA) is 152 Å². The molecule has 12 nitrogen and oxygen atoms in total. The number of nitrogens with zero attached hydrogens (tertiary/aromatic N) is 4. The zero-order valence-corrected chi connectivity index (χ0v) is 16.4. The molecule has 0 aromatic heterocycles. The van der Waals surface area contributed by atoms with E-state index in [-0.39, 0.29) is 17.9 Å². The Balaban J connectivity index is 1.62. The second-order valence-electron chi connectivity index (χ2n) is 6.55. The first-order valence-electron chi connectivity index (χ1n) is 9.35. The summed E-state index contributed by atoms with van der Waals surface area (Å²) in [6.45, 7) is 2.28. The number of nitro benzene ring substituents is 2. The van der Waals surface area contributed by atoms with Gasteiger partial charge in [-0.25, -0.2) is 5.43 Å². The van der Waals surface area contributed by atoms with Gasteiger partial charge < -0.3 is 15.0 Å². The summed E-state index contributed by atoms with van der Waals surface area (Å²) in [6, 6.07) is 10.1. The van der Waals surface area contributed by atoms with Crippen LogP contribution in [0.1, 0.15) is 5.56 Å². The predicted molar refractivity (Wildman–Crippen MR) is 113 cm³/mol. The Morgan fingerprint density at radius 3 is 2.35 bits per heavy atom. The third-order valence-corrected chi connectivity index (χ3v) is 4.50. The summed E-state index contributed by atoms with van der Waals surface area (Å²) in [5.74, 6) is -0.451. The number of ether oxygens (including phenoxy) is 1. The van der Waals surface area contributed by atoms with Gasteiger partial charge in [0.15, 0.2) is 0 Å². The number of carbonyl (C=O) groups is 1. The van der Waals surface area contributed by atoms with E-state index < -0.39 is 15.8 Å². The maximum absolute atomic E-state index is 12.0. The third-order valence-electron chi connectivity index (χ3n) is 4.50. The van der Waals surface area contributed by atoms with E-state index in [1.807, 2.05) is 4.90 Å². The summed E-state index contributed by atoms with van der Waals surface area (Å²) in [5.41, 5.74) is 4.03. The van der Waals surface area contributed by atoms with E-state index in [0.717, 1.165) is 5.69 Å². The van der Waals surface area contributed by atoms with Crippen molar-refractivity contribution in [1.29, 1.82) is 0 Å². The van der Waals surface area contributed by atoms with Crippen LogP contribution in [0.5, 0.6) is 0 Å². The highest BCUT2D eigenvalue weighted by Gasteiger charge is 2.17. The maximum atomic E-state index is 12.0. The van der Waals surface area contributed by atoms with Crippen LogP contribution >= 0.6 is 0 Å². The van der Waals surface area contributed by atoms with Gasteiger partial charge in [-0.05, 0) is 18.2 Å². The zero-order valence-electron chi connectivity index (χ0n) is 16.4. The molecule has 0 aliphatic carbocycles. The van der Waals surface area contributed by atoms with Crippen molar-refractivity contribution in [2.75, 3.05) is 43.1 Å². The summed E-state index contributed by atoms with van der Waals surface area (Å²) in [4.78, 5) is 34.8.